The van der Waals surface area contributed by atoms with E-state index >= 15 is 0 Å². The molecule has 0 aromatic rings. The molecule has 0 aliphatic carbocycles. The van der Waals surface area contributed by atoms with Crippen LogP contribution >= 0.6 is 0 Å². The summed E-state index contributed by atoms with van der Waals surface area (Å²) in [6.45, 7) is 8.86. The van der Waals surface area contributed by atoms with Crippen LogP contribution in [0.15, 0.2) is 0 Å². The van der Waals surface area contributed by atoms with Gasteiger partial charge in [0, 0.05) is 19.6 Å². The van der Waals surface area contributed by atoms with Crippen LogP contribution < -0.4 is 0 Å². The van der Waals surface area contributed by atoms with Crippen molar-refractivity contribution in [3.63, 3.8) is 0 Å². The van der Waals surface area contributed by atoms with Gasteiger partial charge < -0.3 is 18.9 Å². The van der Waals surface area contributed by atoms with Gasteiger partial charge in [-0.15, -0.1) is 0 Å². The van der Waals surface area contributed by atoms with Crippen molar-refractivity contribution in [1.29, 1.82) is 0 Å². The summed E-state index contributed by atoms with van der Waals surface area (Å²) in [5, 5.41) is 0. The number of hydrogen-bond acceptors (Lipinski definition) is 5. The summed E-state index contributed by atoms with van der Waals surface area (Å²) in [5.74, 6) is -0.108. The van der Waals surface area contributed by atoms with Crippen LogP contribution in [0.4, 0.5) is 0 Å². The van der Waals surface area contributed by atoms with Crippen molar-refractivity contribution in [2.24, 2.45) is 0 Å². The molecule has 0 atom stereocenters. The van der Waals surface area contributed by atoms with Crippen molar-refractivity contribution >= 4 is 5.97 Å². The summed E-state index contributed by atoms with van der Waals surface area (Å²) < 4.78 is 21.9. The lowest BCUT2D eigenvalue weighted by Gasteiger charge is -2.07. The first kappa shape index (κ1) is 32.4. The zero-order valence-corrected chi connectivity index (χ0v) is 22.2. The molecule has 0 rings (SSSR count). The van der Waals surface area contributed by atoms with Gasteiger partial charge in [0.15, 0.2) is 0 Å². The molecular weight excluding hydrogens is 416 g/mol. The fourth-order valence-electron chi connectivity index (χ4n) is 3.69. The van der Waals surface area contributed by atoms with Gasteiger partial charge in [0.25, 0.3) is 0 Å². The van der Waals surface area contributed by atoms with Crippen molar-refractivity contribution in [1.82, 2.24) is 0 Å². The standard InChI is InChI=1S/C28H56O5/c1-3-5-7-9-11-12-13-14-15-17-21-30-24-26-32-27-25-31-22-19-20-28(29)33-23-18-16-10-8-6-4-2/h3-27H2,1-2H3. The normalized spacial score (nSPS) is 11.2. The van der Waals surface area contributed by atoms with E-state index in [1.54, 1.807) is 0 Å². The molecule has 0 spiro atoms. The molecule has 5 heteroatoms. The number of carbonyl (C=O) groups is 1. The van der Waals surface area contributed by atoms with Crippen LogP contribution in [-0.2, 0) is 23.7 Å². The van der Waals surface area contributed by atoms with E-state index in [0.29, 0.717) is 52.5 Å². The van der Waals surface area contributed by atoms with Gasteiger partial charge in [-0.25, -0.2) is 0 Å². The minimum absolute atomic E-state index is 0.108. The third-order valence-corrected chi connectivity index (χ3v) is 5.82. The summed E-state index contributed by atoms with van der Waals surface area (Å²) in [6, 6.07) is 0. The fourth-order valence-corrected chi connectivity index (χ4v) is 3.69. The van der Waals surface area contributed by atoms with Crippen molar-refractivity contribution in [2.45, 2.75) is 129 Å². The van der Waals surface area contributed by atoms with Gasteiger partial charge in [0.2, 0.25) is 0 Å². The highest BCUT2D eigenvalue weighted by Gasteiger charge is 2.02. The van der Waals surface area contributed by atoms with Gasteiger partial charge in [-0.05, 0) is 19.3 Å². The maximum atomic E-state index is 11.7. The second-order valence-electron chi connectivity index (χ2n) is 9.11. The largest absolute Gasteiger partial charge is 0.466 e. The number of unbranched alkanes of at least 4 members (excludes halogenated alkanes) is 14. The number of rotatable bonds is 28. The third kappa shape index (κ3) is 29.3. The molecule has 0 amide bonds. The first-order valence-corrected chi connectivity index (χ1v) is 14.2. The summed E-state index contributed by atoms with van der Waals surface area (Å²) in [5.41, 5.74) is 0. The average molecular weight is 473 g/mol. The van der Waals surface area contributed by atoms with Crippen LogP contribution in [-0.4, -0.2) is 52.2 Å². The Labute approximate surface area is 205 Å². The number of esters is 1. The molecule has 0 saturated heterocycles. The van der Waals surface area contributed by atoms with Gasteiger partial charge >= 0.3 is 5.97 Å². The highest BCUT2D eigenvalue weighted by Crippen LogP contribution is 2.10. The van der Waals surface area contributed by atoms with Crippen molar-refractivity contribution < 1.29 is 23.7 Å². The van der Waals surface area contributed by atoms with E-state index in [2.05, 4.69) is 13.8 Å². The molecule has 198 valence electrons. The summed E-state index contributed by atoms with van der Waals surface area (Å²) >= 11 is 0. The van der Waals surface area contributed by atoms with E-state index in [1.165, 1.54) is 83.5 Å². The van der Waals surface area contributed by atoms with Crippen LogP contribution in [0.2, 0.25) is 0 Å². The second kappa shape index (κ2) is 29.4. The molecule has 0 aromatic carbocycles. The third-order valence-electron chi connectivity index (χ3n) is 5.82. The minimum atomic E-state index is -0.108. The zero-order valence-electron chi connectivity index (χ0n) is 22.2. The zero-order chi connectivity index (χ0) is 24.1. The van der Waals surface area contributed by atoms with Crippen molar-refractivity contribution in [2.75, 3.05) is 46.2 Å². The molecule has 0 saturated carbocycles. The van der Waals surface area contributed by atoms with Gasteiger partial charge in [-0.2, -0.15) is 0 Å². The van der Waals surface area contributed by atoms with E-state index in [4.69, 9.17) is 18.9 Å². The Hall–Kier alpha value is -0.650. The Morgan fingerprint density at radius 3 is 1.27 bits per heavy atom. The van der Waals surface area contributed by atoms with Crippen LogP contribution in [0.25, 0.3) is 0 Å². The Morgan fingerprint density at radius 1 is 0.424 bits per heavy atom. The lowest BCUT2D eigenvalue weighted by atomic mass is 10.1. The molecule has 0 heterocycles. The van der Waals surface area contributed by atoms with E-state index in [9.17, 15) is 4.79 Å². The summed E-state index contributed by atoms with van der Waals surface area (Å²) in [6.07, 6.45) is 21.8. The number of ether oxygens (including phenoxy) is 4. The van der Waals surface area contributed by atoms with E-state index in [-0.39, 0.29) is 5.97 Å². The summed E-state index contributed by atoms with van der Waals surface area (Å²) in [7, 11) is 0. The molecule has 0 aliphatic rings. The Kier molecular flexibility index (Phi) is 28.8. The summed E-state index contributed by atoms with van der Waals surface area (Å²) in [4.78, 5) is 11.7. The van der Waals surface area contributed by atoms with Gasteiger partial charge in [-0.3, -0.25) is 4.79 Å². The Bertz CT molecular complexity index is 375. The number of hydrogen-bond donors (Lipinski definition) is 0. The first-order chi connectivity index (χ1) is 16.3. The van der Waals surface area contributed by atoms with Crippen LogP contribution in [0.5, 0.6) is 0 Å². The quantitative estimate of drug-likeness (QED) is 0.0865. The van der Waals surface area contributed by atoms with E-state index < -0.39 is 0 Å². The smallest absolute Gasteiger partial charge is 0.305 e. The molecule has 0 bridgehead atoms. The molecule has 0 unspecified atom stereocenters. The minimum Gasteiger partial charge on any atom is -0.466 e. The molecule has 0 fully saturated rings. The van der Waals surface area contributed by atoms with Crippen LogP contribution in [0.1, 0.15) is 129 Å². The molecule has 0 N–H and O–H groups in total. The topological polar surface area (TPSA) is 54.0 Å². The lowest BCUT2D eigenvalue weighted by Crippen LogP contribution is -2.11. The van der Waals surface area contributed by atoms with Crippen LogP contribution in [0, 0.1) is 0 Å². The monoisotopic (exact) mass is 472 g/mol. The Morgan fingerprint density at radius 2 is 0.788 bits per heavy atom. The predicted molar refractivity (Wildman–Crippen MR) is 138 cm³/mol. The van der Waals surface area contributed by atoms with E-state index in [0.717, 1.165) is 25.9 Å². The van der Waals surface area contributed by atoms with Crippen LogP contribution in [0.3, 0.4) is 0 Å². The highest BCUT2D eigenvalue weighted by molar-refractivity contribution is 5.69. The predicted octanol–water partition coefficient (Wildman–Crippen LogP) is 7.64. The molecule has 0 aromatic heterocycles. The SMILES string of the molecule is CCCCCCCCCCCCOCCOCCOCCCC(=O)OCCCCCCCC. The van der Waals surface area contributed by atoms with Gasteiger partial charge in [0.1, 0.15) is 0 Å². The second-order valence-corrected chi connectivity index (χ2v) is 9.11. The molecule has 5 nitrogen and oxygen atoms in total. The van der Waals surface area contributed by atoms with Gasteiger partial charge in [-0.1, -0.05) is 104 Å². The Balaban J connectivity index is 3.10. The highest BCUT2D eigenvalue weighted by atomic mass is 16.5. The van der Waals surface area contributed by atoms with Crippen molar-refractivity contribution in [3.05, 3.63) is 0 Å². The first-order valence-electron chi connectivity index (χ1n) is 14.2. The van der Waals surface area contributed by atoms with Crippen molar-refractivity contribution in [3.8, 4) is 0 Å². The lowest BCUT2D eigenvalue weighted by molar-refractivity contribution is -0.144. The molecule has 33 heavy (non-hydrogen) atoms. The molecule has 0 aliphatic heterocycles. The number of carbonyl (C=O) groups excluding carboxylic acids is 1. The van der Waals surface area contributed by atoms with Gasteiger partial charge in [0.05, 0.1) is 33.0 Å². The van der Waals surface area contributed by atoms with E-state index in [1.807, 2.05) is 0 Å². The fraction of sp³-hybridized carbons (Fsp3) is 0.964. The molecule has 0 radical (unpaired) electrons. The molecular formula is C28H56O5. The average Bonchev–Trinajstić information content (AvgIpc) is 2.82. The maximum absolute atomic E-state index is 11.7. The maximum Gasteiger partial charge on any atom is 0.305 e.